The first-order valence-corrected chi connectivity index (χ1v) is 9.55. The summed E-state index contributed by atoms with van der Waals surface area (Å²) in [6.07, 6.45) is 2.17. The number of fused-ring (bicyclic) bond motifs is 1. The predicted octanol–water partition coefficient (Wildman–Crippen LogP) is 3.88. The van der Waals surface area contributed by atoms with Crippen LogP contribution in [0.1, 0.15) is 37.8 Å². The number of nitrogens with one attached hydrogen (secondary N) is 1. The fraction of sp³-hybridized carbons (Fsp3) is 0.409. The Morgan fingerprint density at radius 2 is 2.04 bits per heavy atom. The molecule has 0 fully saturated rings. The summed E-state index contributed by atoms with van der Waals surface area (Å²) in [6, 6.07) is 13.7. The first-order chi connectivity index (χ1) is 13.2. The summed E-state index contributed by atoms with van der Waals surface area (Å²) in [5.74, 6) is 2.55. The Labute approximate surface area is 160 Å². The molecule has 5 heteroatoms. The molecule has 0 aromatic heterocycles. The molecule has 1 atom stereocenters. The van der Waals surface area contributed by atoms with Crippen molar-refractivity contribution >= 4 is 5.91 Å². The fourth-order valence-corrected chi connectivity index (χ4v) is 3.13. The van der Waals surface area contributed by atoms with Crippen molar-refractivity contribution in [2.24, 2.45) is 0 Å². The largest absolute Gasteiger partial charge is 0.494 e. The molecule has 0 radical (unpaired) electrons. The van der Waals surface area contributed by atoms with Crippen molar-refractivity contribution in [3.8, 4) is 17.2 Å². The normalized spacial score (nSPS) is 15.0. The van der Waals surface area contributed by atoms with E-state index in [2.05, 4.69) is 12.2 Å². The van der Waals surface area contributed by atoms with E-state index < -0.39 is 0 Å². The van der Waals surface area contributed by atoms with Gasteiger partial charge in [0.1, 0.15) is 23.4 Å². The van der Waals surface area contributed by atoms with E-state index in [1.54, 1.807) is 0 Å². The fourth-order valence-electron chi connectivity index (χ4n) is 3.13. The number of carbonyl (C=O) groups is 1. The van der Waals surface area contributed by atoms with Crippen LogP contribution in [-0.2, 0) is 17.8 Å². The van der Waals surface area contributed by atoms with Gasteiger partial charge in [-0.15, -0.1) is 0 Å². The minimum absolute atomic E-state index is 0.00361. The molecule has 1 amide bonds. The maximum absolute atomic E-state index is 12.1. The van der Waals surface area contributed by atoms with Crippen LogP contribution in [0.25, 0.3) is 0 Å². The standard InChI is InChI=1S/C22H27NO4/c1-3-25-20-13-17-12-16(2)27-21(17)14-18(20)15-23-22(24)10-7-11-26-19-8-5-4-6-9-19/h4-6,8-9,13-14,16H,3,7,10-12,15H2,1-2H3,(H,23,24)/t16-/m1/s1. The van der Waals surface area contributed by atoms with Gasteiger partial charge < -0.3 is 19.5 Å². The van der Waals surface area contributed by atoms with Crippen LogP contribution < -0.4 is 19.5 Å². The van der Waals surface area contributed by atoms with Crippen LogP contribution >= 0.6 is 0 Å². The molecule has 0 spiro atoms. The molecule has 2 aromatic carbocycles. The van der Waals surface area contributed by atoms with Gasteiger partial charge in [0.05, 0.1) is 13.2 Å². The lowest BCUT2D eigenvalue weighted by Gasteiger charge is -2.13. The van der Waals surface area contributed by atoms with Gasteiger partial charge in [-0.2, -0.15) is 0 Å². The van der Waals surface area contributed by atoms with Gasteiger partial charge in [0.2, 0.25) is 5.91 Å². The van der Waals surface area contributed by atoms with E-state index in [0.29, 0.717) is 32.6 Å². The summed E-state index contributed by atoms with van der Waals surface area (Å²) in [4.78, 5) is 12.1. The minimum Gasteiger partial charge on any atom is -0.494 e. The average Bonchev–Trinajstić information content (AvgIpc) is 3.03. The molecular formula is C22H27NO4. The summed E-state index contributed by atoms with van der Waals surface area (Å²) in [5, 5.41) is 2.97. The van der Waals surface area contributed by atoms with Crippen molar-refractivity contribution in [3.63, 3.8) is 0 Å². The number of rotatable bonds is 9. The highest BCUT2D eigenvalue weighted by molar-refractivity contribution is 5.76. The smallest absolute Gasteiger partial charge is 0.220 e. The molecule has 1 aliphatic rings. The van der Waals surface area contributed by atoms with E-state index in [4.69, 9.17) is 14.2 Å². The highest BCUT2D eigenvalue weighted by Crippen LogP contribution is 2.35. The molecule has 1 heterocycles. The number of hydrogen-bond acceptors (Lipinski definition) is 4. The van der Waals surface area contributed by atoms with Crippen LogP contribution in [0.4, 0.5) is 0 Å². The molecule has 0 saturated heterocycles. The molecule has 5 nitrogen and oxygen atoms in total. The molecule has 0 bridgehead atoms. The average molecular weight is 369 g/mol. The van der Waals surface area contributed by atoms with Crippen molar-refractivity contribution in [1.82, 2.24) is 5.32 Å². The summed E-state index contributed by atoms with van der Waals surface area (Å²) in [7, 11) is 0. The van der Waals surface area contributed by atoms with Crippen LogP contribution in [0, 0.1) is 0 Å². The van der Waals surface area contributed by atoms with Crippen LogP contribution in [-0.4, -0.2) is 25.2 Å². The Morgan fingerprint density at radius 3 is 2.81 bits per heavy atom. The predicted molar refractivity (Wildman–Crippen MR) is 104 cm³/mol. The molecule has 0 saturated carbocycles. The van der Waals surface area contributed by atoms with Gasteiger partial charge in [0, 0.05) is 30.5 Å². The van der Waals surface area contributed by atoms with Crippen molar-refractivity contribution in [3.05, 3.63) is 53.6 Å². The molecule has 144 valence electrons. The maximum Gasteiger partial charge on any atom is 0.220 e. The Morgan fingerprint density at radius 1 is 1.22 bits per heavy atom. The summed E-state index contributed by atoms with van der Waals surface area (Å²) in [6.45, 7) is 5.55. The highest BCUT2D eigenvalue weighted by Gasteiger charge is 2.22. The summed E-state index contributed by atoms with van der Waals surface area (Å²) >= 11 is 0. The van der Waals surface area contributed by atoms with E-state index in [-0.39, 0.29) is 12.0 Å². The van der Waals surface area contributed by atoms with E-state index >= 15 is 0 Å². The zero-order chi connectivity index (χ0) is 19.1. The van der Waals surface area contributed by atoms with Crippen LogP contribution in [0.3, 0.4) is 0 Å². The third-order valence-corrected chi connectivity index (χ3v) is 4.42. The molecule has 2 aromatic rings. The molecule has 27 heavy (non-hydrogen) atoms. The maximum atomic E-state index is 12.1. The highest BCUT2D eigenvalue weighted by atomic mass is 16.5. The molecule has 3 rings (SSSR count). The van der Waals surface area contributed by atoms with Crippen molar-refractivity contribution in [1.29, 1.82) is 0 Å². The Bertz CT molecular complexity index is 760. The third kappa shape index (κ3) is 5.39. The first kappa shape index (κ1) is 19.1. The Kier molecular flexibility index (Phi) is 6.58. The van der Waals surface area contributed by atoms with Gasteiger partial charge in [0.25, 0.3) is 0 Å². The lowest BCUT2D eigenvalue weighted by molar-refractivity contribution is -0.121. The second-order valence-electron chi connectivity index (χ2n) is 6.68. The zero-order valence-corrected chi connectivity index (χ0v) is 16.0. The van der Waals surface area contributed by atoms with Gasteiger partial charge in [-0.25, -0.2) is 0 Å². The molecule has 0 aliphatic carbocycles. The van der Waals surface area contributed by atoms with Gasteiger partial charge in [-0.3, -0.25) is 4.79 Å². The lowest BCUT2D eigenvalue weighted by Crippen LogP contribution is -2.23. The van der Waals surface area contributed by atoms with Gasteiger partial charge in [0.15, 0.2) is 0 Å². The SMILES string of the molecule is CCOc1cc2c(cc1CNC(=O)CCCOc1ccccc1)O[C@H](C)C2. The quantitative estimate of drug-likeness (QED) is 0.682. The van der Waals surface area contributed by atoms with E-state index in [9.17, 15) is 4.79 Å². The number of ether oxygens (including phenoxy) is 3. The number of amides is 1. The zero-order valence-electron chi connectivity index (χ0n) is 16.0. The Balaban J connectivity index is 1.47. The van der Waals surface area contributed by atoms with E-state index in [1.165, 1.54) is 5.56 Å². The second-order valence-corrected chi connectivity index (χ2v) is 6.68. The van der Waals surface area contributed by atoms with Crippen molar-refractivity contribution < 1.29 is 19.0 Å². The van der Waals surface area contributed by atoms with Gasteiger partial charge in [-0.05, 0) is 44.5 Å². The number of para-hydroxylation sites is 1. The van der Waals surface area contributed by atoms with Gasteiger partial charge >= 0.3 is 0 Å². The number of carbonyl (C=O) groups excluding carboxylic acids is 1. The molecule has 0 unspecified atom stereocenters. The van der Waals surface area contributed by atoms with Gasteiger partial charge in [-0.1, -0.05) is 18.2 Å². The third-order valence-electron chi connectivity index (χ3n) is 4.42. The van der Waals surface area contributed by atoms with Crippen molar-refractivity contribution in [2.75, 3.05) is 13.2 Å². The second kappa shape index (κ2) is 9.31. The van der Waals surface area contributed by atoms with Crippen molar-refractivity contribution in [2.45, 2.75) is 45.8 Å². The van der Waals surface area contributed by atoms with Crippen LogP contribution in [0.15, 0.2) is 42.5 Å². The topological polar surface area (TPSA) is 56.8 Å². The van der Waals surface area contributed by atoms with Crippen LogP contribution in [0.2, 0.25) is 0 Å². The monoisotopic (exact) mass is 369 g/mol. The summed E-state index contributed by atoms with van der Waals surface area (Å²) in [5.41, 5.74) is 2.11. The lowest BCUT2D eigenvalue weighted by atomic mass is 10.1. The molecule has 1 N–H and O–H groups in total. The minimum atomic E-state index is 0.00361. The van der Waals surface area contributed by atoms with Crippen LogP contribution in [0.5, 0.6) is 17.2 Å². The Hall–Kier alpha value is -2.69. The number of hydrogen-bond donors (Lipinski definition) is 1. The van der Waals surface area contributed by atoms with E-state index in [1.807, 2.05) is 49.4 Å². The number of benzene rings is 2. The first-order valence-electron chi connectivity index (χ1n) is 9.55. The van der Waals surface area contributed by atoms with E-state index in [0.717, 1.165) is 29.2 Å². The summed E-state index contributed by atoms with van der Waals surface area (Å²) < 4.78 is 17.2. The molecule has 1 aliphatic heterocycles. The molecular weight excluding hydrogens is 342 g/mol.